The summed E-state index contributed by atoms with van der Waals surface area (Å²) in [5.74, 6) is -0.666. The first-order valence-corrected chi connectivity index (χ1v) is 6.27. The monoisotopic (exact) mass is 306 g/mol. The molecule has 0 aliphatic carbocycles. The summed E-state index contributed by atoms with van der Waals surface area (Å²) < 4.78 is 42.5. The fourth-order valence-electron chi connectivity index (χ4n) is 1.92. The second kappa shape index (κ2) is 5.18. The molecule has 1 N–H and O–H groups in total. The molecule has 0 saturated carbocycles. The predicted molar refractivity (Wildman–Crippen MR) is 72.8 cm³/mol. The minimum Gasteiger partial charge on any atom is -0.402 e. The molecule has 0 radical (unpaired) electrons. The lowest BCUT2D eigenvalue weighted by Crippen LogP contribution is -2.08. The van der Waals surface area contributed by atoms with E-state index < -0.39 is 17.7 Å². The average Bonchev–Trinajstić information content (AvgIpc) is 3.09. The van der Waals surface area contributed by atoms with Crippen LogP contribution in [0.3, 0.4) is 0 Å². The van der Waals surface area contributed by atoms with Crippen molar-refractivity contribution in [2.45, 2.75) is 6.18 Å². The van der Waals surface area contributed by atoms with Crippen molar-refractivity contribution < 1.29 is 22.7 Å². The molecule has 0 saturated heterocycles. The summed E-state index contributed by atoms with van der Waals surface area (Å²) >= 11 is 0. The number of carbonyl (C=O) groups is 1. The first-order chi connectivity index (χ1) is 10.4. The summed E-state index contributed by atoms with van der Waals surface area (Å²) in [6, 6.07) is 7.76. The Morgan fingerprint density at radius 2 is 1.86 bits per heavy atom. The van der Waals surface area contributed by atoms with E-state index in [1.165, 1.54) is 18.2 Å². The van der Waals surface area contributed by atoms with Crippen molar-refractivity contribution in [3.05, 3.63) is 65.1 Å². The zero-order chi connectivity index (χ0) is 15.7. The molecule has 22 heavy (non-hydrogen) atoms. The third-order valence-corrected chi connectivity index (χ3v) is 2.99. The molecule has 7 heteroatoms. The number of aliphatic imine (C=N–C) groups is 1. The fourth-order valence-corrected chi connectivity index (χ4v) is 1.92. The summed E-state index contributed by atoms with van der Waals surface area (Å²) in [6.07, 6.45) is -1.22. The molecule has 0 spiro atoms. The highest BCUT2D eigenvalue weighted by Gasteiger charge is 2.31. The SMILES string of the molecule is O=C1OC(c2ccc(C(F)(F)F)cc2)=N/C1=C/c1ccc[nH]1. The highest BCUT2D eigenvalue weighted by Crippen LogP contribution is 2.29. The number of carbonyl (C=O) groups excluding carboxylic acids is 1. The standard InChI is InChI=1S/C15H9F3N2O2/c16-15(17,18)10-5-3-9(4-6-10)13-20-12(14(21)22-13)8-11-2-1-7-19-11/h1-8,19H/b12-8+. The normalized spacial score (nSPS) is 16.8. The quantitative estimate of drug-likeness (QED) is 0.683. The van der Waals surface area contributed by atoms with Gasteiger partial charge in [-0.15, -0.1) is 0 Å². The van der Waals surface area contributed by atoms with Crippen LogP contribution in [0, 0.1) is 0 Å². The van der Waals surface area contributed by atoms with E-state index in [0.717, 1.165) is 12.1 Å². The molecular weight excluding hydrogens is 297 g/mol. The molecule has 0 bridgehead atoms. The number of ether oxygens (including phenoxy) is 1. The van der Waals surface area contributed by atoms with E-state index in [-0.39, 0.29) is 11.6 Å². The Kier molecular flexibility index (Phi) is 3.32. The highest BCUT2D eigenvalue weighted by molar-refractivity contribution is 6.12. The van der Waals surface area contributed by atoms with Gasteiger partial charge in [-0.2, -0.15) is 13.2 Å². The summed E-state index contributed by atoms with van der Waals surface area (Å²) in [4.78, 5) is 18.6. The first-order valence-electron chi connectivity index (χ1n) is 6.27. The molecule has 3 rings (SSSR count). The van der Waals surface area contributed by atoms with Crippen LogP contribution in [-0.2, 0) is 15.7 Å². The maximum Gasteiger partial charge on any atom is 0.416 e. The van der Waals surface area contributed by atoms with E-state index in [1.807, 2.05) is 0 Å². The Bertz CT molecular complexity index is 757. The van der Waals surface area contributed by atoms with Crippen molar-refractivity contribution in [2.24, 2.45) is 4.99 Å². The number of nitrogens with zero attached hydrogens (tertiary/aromatic N) is 1. The van der Waals surface area contributed by atoms with Crippen molar-refractivity contribution in [2.75, 3.05) is 0 Å². The van der Waals surface area contributed by atoms with Gasteiger partial charge in [-0.3, -0.25) is 0 Å². The van der Waals surface area contributed by atoms with Gasteiger partial charge in [0.05, 0.1) is 5.56 Å². The van der Waals surface area contributed by atoms with E-state index in [9.17, 15) is 18.0 Å². The van der Waals surface area contributed by atoms with Gasteiger partial charge in [0.25, 0.3) is 0 Å². The number of rotatable bonds is 2. The van der Waals surface area contributed by atoms with Crippen molar-refractivity contribution >= 4 is 17.9 Å². The number of nitrogens with one attached hydrogen (secondary N) is 1. The van der Waals surface area contributed by atoms with Crippen molar-refractivity contribution in [1.29, 1.82) is 0 Å². The molecule has 1 aliphatic rings. The number of aromatic amines is 1. The molecular formula is C15H9F3N2O2. The number of esters is 1. The van der Waals surface area contributed by atoms with Gasteiger partial charge >= 0.3 is 12.1 Å². The van der Waals surface area contributed by atoms with Gasteiger partial charge in [0.1, 0.15) is 0 Å². The van der Waals surface area contributed by atoms with E-state index in [4.69, 9.17) is 4.74 Å². The summed E-state index contributed by atoms with van der Waals surface area (Å²) in [6.45, 7) is 0. The number of H-pyrrole nitrogens is 1. The molecule has 0 amide bonds. The van der Waals surface area contributed by atoms with Gasteiger partial charge in [-0.25, -0.2) is 9.79 Å². The van der Waals surface area contributed by atoms with Crippen LogP contribution in [0.25, 0.3) is 6.08 Å². The third kappa shape index (κ3) is 2.78. The zero-order valence-electron chi connectivity index (χ0n) is 11.0. The number of alkyl halides is 3. The van der Waals surface area contributed by atoms with Crippen LogP contribution in [0.15, 0.2) is 53.3 Å². The second-order valence-corrected chi connectivity index (χ2v) is 4.54. The Hall–Kier alpha value is -2.83. The largest absolute Gasteiger partial charge is 0.416 e. The van der Waals surface area contributed by atoms with Crippen LogP contribution in [0.1, 0.15) is 16.8 Å². The summed E-state index contributed by atoms with van der Waals surface area (Å²) in [5, 5.41) is 0. The molecule has 0 fully saturated rings. The maximum atomic E-state index is 12.5. The number of hydrogen-bond donors (Lipinski definition) is 1. The topological polar surface area (TPSA) is 54.4 Å². The minimum atomic E-state index is -4.41. The average molecular weight is 306 g/mol. The van der Waals surface area contributed by atoms with E-state index in [2.05, 4.69) is 9.98 Å². The van der Waals surface area contributed by atoms with Crippen LogP contribution in [0.2, 0.25) is 0 Å². The molecule has 1 aromatic carbocycles. The Balaban J connectivity index is 1.88. The molecule has 112 valence electrons. The molecule has 1 aromatic heterocycles. The first kappa shape index (κ1) is 14.1. The van der Waals surface area contributed by atoms with Gasteiger partial charge < -0.3 is 9.72 Å². The summed E-state index contributed by atoms with van der Waals surface area (Å²) in [7, 11) is 0. The Morgan fingerprint density at radius 1 is 1.14 bits per heavy atom. The molecule has 4 nitrogen and oxygen atoms in total. The van der Waals surface area contributed by atoms with E-state index in [0.29, 0.717) is 11.3 Å². The van der Waals surface area contributed by atoms with Crippen molar-refractivity contribution in [3.8, 4) is 0 Å². The lowest BCUT2D eigenvalue weighted by molar-refractivity contribution is -0.137. The van der Waals surface area contributed by atoms with Gasteiger partial charge in [0, 0.05) is 17.5 Å². The lowest BCUT2D eigenvalue weighted by Gasteiger charge is -2.06. The smallest absolute Gasteiger partial charge is 0.402 e. The lowest BCUT2D eigenvalue weighted by atomic mass is 10.1. The van der Waals surface area contributed by atoms with Gasteiger partial charge in [0.2, 0.25) is 5.90 Å². The molecule has 0 atom stereocenters. The minimum absolute atomic E-state index is 0.0171. The van der Waals surface area contributed by atoms with Gasteiger partial charge in [-0.05, 0) is 42.5 Å². The molecule has 2 aromatic rings. The number of cyclic esters (lactones) is 1. The number of benzene rings is 1. The van der Waals surface area contributed by atoms with Crippen LogP contribution in [0.5, 0.6) is 0 Å². The third-order valence-electron chi connectivity index (χ3n) is 2.99. The van der Waals surface area contributed by atoms with Crippen LogP contribution in [-0.4, -0.2) is 16.9 Å². The van der Waals surface area contributed by atoms with E-state index in [1.54, 1.807) is 18.3 Å². The highest BCUT2D eigenvalue weighted by atomic mass is 19.4. The van der Waals surface area contributed by atoms with E-state index >= 15 is 0 Å². The van der Waals surface area contributed by atoms with Crippen LogP contribution < -0.4 is 0 Å². The van der Waals surface area contributed by atoms with Crippen molar-refractivity contribution in [1.82, 2.24) is 4.98 Å². The number of halogens is 3. The predicted octanol–water partition coefficient (Wildman–Crippen LogP) is 3.38. The van der Waals surface area contributed by atoms with Crippen LogP contribution >= 0.6 is 0 Å². The molecule has 1 aliphatic heterocycles. The fraction of sp³-hybridized carbons (Fsp3) is 0.0667. The molecule has 2 heterocycles. The van der Waals surface area contributed by atoms with Crippen LogP contribution in [0.4, 0.5) is 13.2 Å². The van der Waals surface area contributed by atoms with Crippen molar-refractivity contribution in [3.63, 3.8) is 0 Å². The summed E-state index contributed by atoms with van der Waals surface area (Å²) in [5.41, 5.74) is 0.279. The second-order valence-electron chi connectivity index (χ2n) is 4.54. The Morgan fingerprint density at radius 3 is 2.45 bits per heavy atom. The maximum absolute atomic E-state index is 12.5. The zero-order valence-corrected chi connectivity index (χ0v) is 11.0. The molecule has 0 unspecified atom stereocenters. The van der Waals surface area contributed by atoms with Gasteiger partial charge in [-0.1, -0.05) is 0 Å². The number of aromatic nitrogens is 1. The number of hydrogen-bond acceptors (Lipinski definition) is 3. The Labute approximate surface area is 122 Å². The van der Waals surface area contributed by atoms with Gasteiger partial charge in [0.15, 0.2) is 5.70 Å².